The lowest BCUT2D eigenvalue weighted by Gasteiger charge is -2.03. The van der Waals surface area contributed by atoms with Crippen LogP contribution in [0.5, 0.6) is 5.88 Å². The molecule has 1 heterocycles. The molecule has 0 aliphatic rings. The number of ketones is 1. The highest BCUT2D eigenvalue weighted by molar-refractivity contribution is 5.97. The number of ether oxygens (including phenoxy) is 1. The first-order valence-electron chi connectivity index (χ1n) is 5.37. The zero-order chi connectivity index (χ0) is 12.1. The molecule has 0 bridgehead atoms. The van der Waals surface area contributed by atoms with Gasteiger partial charge in [0.05, 0.1) is 7.11 Å². The summed E-state index contributed by atoms with van der Waals surface area (Å²) in [5, 5.41) is 0. The molecule has 0 aliphatic heterocycles. The van der Waals surface area contributed by atoms with E-state index < -0.39 is 0 Å². The van der Waals surface area contributed by atoms with E-state index in [4.69, 9.17) is 4.74 Å². The summed E-state index contributed by atoms with van der Waals surface area (Å²) in [5.74, 6) is 0.627. The van der Waals surface area contributed by atoms with Crippen LogP contribution in [0, 0.1) is 0 Å². The molecule has 0 amide bonds. The molecule has 0 saturated carbocycles. The van der Waals surface area contributed by atoms with E-state index in [-0.39, 0.29) is 5.78 Å². The molecule has 0 aliphatic carbocycles. The molecular weight excluding hydrogens is 214 g/mol. The van der Waals surface area contributed by atoms with Crippen LogP contribution in [0.25, 0.3) is 0 Å². The summed E-state index contributed by atoms with van der Waals surface area (Å²) in [6, 6.07) is 12.9. The Morgan fingerprint density at radius 3 is 2.71 bits per heavy atom. The van der Waals surface area contributed by atoms with Gasteiger partial charge >= 0.3 is 0 Å². The molecular formula is C14H13NO2. The van der Waals surface area contributed by atoms with Gasteiger partial charge in [-0.3, -0.25) is 4.79 Å². The number of carbonyl (C=O) groups is 1. The molecule has 2 aromatic rings. The second-order valence-corrected chi connectivity index (χ2v) is 3.67. The Hall–Kier alpha value is -2.16. The number of methoxy groups -OCH3 is 1. The first-order valence-corrected chi connectivity index (χ1v) is 5.37. The van der Waals surface area contributed by atoms with Crippen LogP contribution in [0.3, 0.4) is 0 Å². The minimum atomic E-state index is 0.0962. The molecule has 0 N–H and O–H groups in total. The molecule has 2 rings (SSSR count). The van der Waals surface area contributed by atoms with Gasteiger partial charge in [-0.25, -0.2) is 4.98 Å². The quantitative estimate of drug-likeness (QED) is 0.753. The van der Waals surface area contributed by atoms with E-state index in [1.54, 1.807) is 19.4 Å². The fourth-order valence-electron chi connectivity index (χ4n) is 1.58. The maximum absolute atomic E-state index is 12.0. The van der Waals surface area contributed by atoms with Crippen LogP contribution in [-0.2, 0) is 6.42 Å². The number of carbonyl (C=O) groups excluding carboxylic acids is 1. The zero-order valence-corrected chi connectivity index (χ0v) is 9.59. The lowest BCUT2D eigenvalue weighted by atomic mass is 10.0. The van der Waals surface area contributed by atoms with Crippen LogP contribution in [0.2, 0.25) is 0 Å². The third kappa shape index (κ3) is 2.91. The van der Waals surface area contributed by atoms with Gasteiger partial charge in [-0.15, -0.1) is 0 Å². The molecule has 3 nitrogen and oxygen atoms in total. The summed E-state index contributed by atoms with van der Waals surface area (Å²) >= 11 is 0. The molecule has 0 unspecified atom stereocenters. The van der Waals surface area contributed by atoms with E-state index in [0.717, 1.165) is 11.1 Å². The first kappa shape index (κ1) is 11.3. The fourth-order valence-corrected chi connectivity index (χ4v) is 1.58. The van der Waals surface area contributed by atoms with Gasteiger partial charge < -0.3 is 4.74 Å². The summed E-state index contributed by atoms with van der Waals surface area (Å²) < 4.78 is 5.02. The Balaban J connectivity index is 2.13. The average molecular weight is 227 g/mol. The number of Topliss-reactive ketones (excluding diaryl/α,β-unsaturated/α-hetero) is 1. The highest BCUT2D eigenvalue weighted by atomic mass is 16.5. The largest absolute Gasteiger partial charge is 0.481 e. The van der Waals surface area contributed by atoms with Crippen molar-refractivity contribution in [2.75, 3.05) is 7.11 Å². The molecule has 3 heteroatoms. The minimum Gasteiger partial charge on any atom is -0.481 e. The van der Waals surface area contributed by atoms with Gasteiger partial charge in [-0.1, -0.05) is 30.3 Å². The normalized spacial score (nSPS) is 9.94. The summed E-state index contributed by atoms with van der Waals surface area (Å²) in [6.07, 6.45) is 2.01. The number of pyridine rings is 1. The van der Waals surface area contributed by atoms with Gasteiger partial charge in [-0.05, 0) is 11.6 Å². The van der Waals surface area contributed by atoms with Crippen molar-refractivity contribution in [2.24, 2.45) is 0 Å². The Bertz CT molecular complexity index is 509. The molecule has 86 valence electrons. The van der Waals surface area contributed by atoms with Crippen LogP contribution in [0.4, 0.5) is 0 Å². The van der Waals surface area contributed by atoms with E-state index in [9.17, 15) is 4.79 Å². The standard InChI is InChI=1S/C14H13NO2/c1-17-14-10-11(7-8-15-14)9-13(16)12-5-3-2-4-6-12/h2-8,10H,9H2,1H3. The van der Waals surface area contributed by atoms with E-state index in [0.29, 0.717) is 12.3 Å². The van der Waals surface area contributed by atoms with Crippen LogP contribution in [0.15, 0.2) is 48.7 Å². The number of aromatic nitrogens is 1. The van der Waals surface area contributed by atoms with E-state index in [2.05, 4.69) is 4.98 Å². The smallest absolute Gasteiger partial charge is 0.213 e. The summed E-state index contributed by atoms with van der Waals surface area (Å²) in [7, 11) is 1.56. The van der Waals surface area contributed by atoms with Crippen molar-refractivity contribution in [1.29, 1.82) is 0 Å². The van der Waals surface area contributed by atoms with Crippen molar-refractivity contribution in [3.63, 3.8) is 0 Å². The highest BCUT2D eigenvalue weighted by Gasteiger charge is 2.07. The monoisotopic (exact) mass is 227 g/mol. The van der Waals surface area contributed by atoms with E-state index in [1.165, 1.54) is 0 Å². The van der Waals surface area contributed by atoms with Crippen LogP contribution in [-0.4, -0.2) is 17.9 Å². The molecule has 0 radical (unpaired) electrons. The Morgan fingerprint density at radius 2 is 2.00 bits per heavy atom. The van der Waals surface area contributed by atoms with Gasteiger partial charge in [-0.2, -0.15) is 0 Å². The maximum atomic E-state index is 12.0. The van der Waals surface area contributed by atoms with Crippen molar-refractivity contribution < 1.29 is 9.53 Å². The van der Waals surface area contributed by atoms with Gasteiger partial charge in [0.15, 0.2) is 5.78 Å². The van der Waals surface area contributed by atoms with Gasteiger partial charge in [0, 0.05) is 24.2 Å². The summed E-state index contributed by atoms with van der Waals surface area (Å²) in [4.78, 5) is 16.0. The Labute approximate surface area is 100 Å². The minimum absolute atomic E-state index is 0.0962. The third-order valence-electron chi connectivity index (χ3n) is 2.47. The molecule has 1 aromatic carbocycles. The predicted octanol–water partition coefficient (Wildman–Crippen LogP) is 2.52. The van der Waals surface area contributed by atoms with Crippen molar-refractivity contribution in [2.45, 2.75) is 6.42 Å². The second kappa shape index (κ2) is 5.25. The summed E-state index contributed by atoms with van der Waals surface area (Å²) in [6.45, 7) is 0. The van der Waals surface area contributed by atoms with Crippen LogP contribution in [0.1, 0.15) is 15.9 Å². The Morgan fingerprint density at radius 1 is 1.24 bits per heavy atom. The number of benzene rings is 1. The van der Waals surface area contributed by atoms with E-state index in [1.807, 2.05) is 36.4 Å². The predicted molar refractivity (Wildman–Crippen MR) is 65.3 cm³/mol. The van der Waals surface area contributed by atoms with Gasteiger partial charge in [0.2, 0.25) is 5.88 Å². The molecule has 0 saturated heterocycles. The third-order valence-corrected chi connectivity index (χ3v) is 2.47. The van der Waals surface area contributed by atoms with Crippen LogP contribution >= 0.6 is 0 Å². The number of hydrogen-bond donors (Lipinski definition) is 0. The molecule has 0 atom stereocenters. The topological polar surface area (TPSA) is 39.2 Å². The second-order valence-electron chi connectivity index (χ2n) is 3.67. The number of nitrogens with zero attached hydrogens (tertiary/aromatic N) is 1. The van der Waals surface area contributed by atoms with Gasteiger partial charge in [0.1, 0.15) is 0 Å². The Kier molecular flexibility index (Phi) is 3.50. The molecule has 1 aromatic heterocycles. The first-order chi connectivity index (χ1) is 8.29. The SMILES string of the molecule is COc1cc(CC(=O)c2ccccc2)ccn1. The molecule has 0 spiro atoms. The van der Waals surface area contributed by atoms with Crippen molar-refractivity contribution in [3.05, 3.63) is 59.8 Å². The van der Waals surface area contributed by atoms with E-state index >= 15 is 0 Å². The lowest BCUT2D eigenvalue weighted by molar-refractivity contribution is 0.0993. The lowest BCUT2D eigenvalue weighted by Crippen LogP contribution is -2.03. The zero-order valence-electron chi connectivity index (χ0n) is 9.59. The highest BCUT2D eigenvalue weighted by Crippen LogP contribution is 2.11. The maximum Gasteiger partial charge on any atom is 0.213 e. The van der Waals surface area contributed by atoms with Crippen molar-refractivity contribution in [3.8, 4) is 5.88 Å². The number of rotatable bonds is 4. The molecule has 0 fully saturated rings. The van der Waals surface area contributed by atoms with Gasteiger partial charge in [0.25, 0.3) is 0 Å². The summed E-state index contributed by atoms with van der Waals surface area (Å²) in [5.41, 5.74) is 1.63. The number of hydrogen-bond acceptors (Lipinski definition) is 3. The van der Waals surface area contributed by atoms with Crippen LogP contribution < -0.4 is 4.74 Å². The average Bonchev–Trinajstić information content (AvgIpc) is 2.40. The fraction of sp³-hybridized carbons (Fsp3) is 0.143. The van der Waals surface area contributed by atoms with Crippen molar-refractivity contribution >= 4 is 5.78 Å². The van der Waals surface area contributed by atoms with Crippen molar-refractivity contribution in [1.82, 2.24) is 4.98 Å². The molecule has 17 heavy (non-hydrogen) atoms.